The number of H-pyrrole nitrogens is 1. The number of aromatic amines is 1. The molecule has 8 nitrogen and oxygen atoms in total. The summed E-state index contributed by atoms with van der Waals surface area (Å²) in [5.74, 6) is -0.632. The van der Waals surface area contributed by atoms with Crippen LogP contribution in [0.1, 0.15) is 25.8 Å². The molecule has 0 amide bonds. The number of hydrogen-bond donors (Lipinski definition) is 2. The average molecular weight is 471 g/mol. The van der Waals surface area contributed by atoms with Gasteiger partial charge in [-0.1, -0.05) is 6.07 Å². The molecular weight excluding hydrogens is 447 g/mol. The van der Waals surface area contributed by atoms with Crippen molar-refractivity contribution >= 4 is 11.2 Å². The van der Waals surface area contributed by atoms with Gasteiger partial charge >= 0.3 is 6.18 Å². The first-order chi connectivity index (χ1) is 16.2. The Labute approximate surface area is 193 Å². The highest BCUT2D eigenvalue weighted by Gasteiger charge is 2.60. The summed E-state index contributed by atoms with van der Waals surface area (Å²) in [5, 5.41) is 15.3. The van der Waals surface area contributed by atoms with Crippen molar-refractivity contribution in [1.82, 2.24) is 34.6 Å². The minimum Gasteiger partial charge on any atom is -0.376 e. The van der Waals surface area contributed by atoms with Crippen molar-refractivity contribution in [1.29, 1.82) is 0 Å². The van der Waals surface area contributed by atoms with Crippen molar-refractivity contribution < 1.29 is 18.3 Å². The minimum atomic E-state index is -4.83. The molecule has 178 valence electrons. The lowest BCUT2D eigenvalue weighted by Crippen LogP contribution is -2.49. The van der Waals surface area contributed by atoms with Gasteiger partial charge in [0.25, 0.3) is 0 Å². The summed E-state index contributed by atoms with van der Waals surface area (Å²) in [4.78, 5) is 17.5. The Balaban J connectivity index is 1.45. The second-order valence-corrected chi connectivity index (χ2v) is 8.88. The molecule has 2 atom stereocenters. The number of pyridine rings is 2. The van der Waals surface area contributed by atoms with E-state index in [-0.39, 0.29) is 24.6 Å². The lowest BCUT2D eigenvalue weighted by atomic mass is 9.80. The summed E-state index contributed by atoms with van der Waals surface area (Å²) >= 11 is 0. The SMILES string of the molecule is CC(C)N1CCC(C(O)(c2ccc(-n3cc(-c4ccnc5nc[nH]c45)cn3)nc2)C(F)(F)F)C1. The Morgan fingerprint density at radius 3 is 2.62 bits per heavy atom. The van der Waals surface area contributed by atoms with E-state index >= 15 is 0 Å². The van der Waals surface area contributed by atoms with E-state index < -0.39 is 17.7 Å². The third-order valence-corrected chi connectivity index (χ3v) is 6.62. The number of rotatable bonds is 5. The fraction of sp³-hybridized carbons (Fsp3) is 0.391. The topological polar surface area (TPSA) is 95.8 Å². The Morgan fingerprint density at radius 2 is 1.94 bits per heavy atom. The molecule has 11 heteroatoms. The number of nitrogens with one attached hydrogen (secondary N) is 1. The minimum absolute atomic E-state index is 0.111. The zero-order chi connectivity index (χ0) is 24.1. The van der Waals surface area contributed by atoms with Crippen LogP contribution in [0.5, 0.6) is 0 Å². The molecule has 0 aliphatic carbocycles. The molecule has 2 unspecified atom stereocenters. The third kappa shape index (κ3) is 3.64. The molecule has 5 heterocycles. The Bertz CT molecular complexity index is 1300. The van der Waals surface area contributed by atoms with E-state index in [1.165, 1.54) is 16.8 Å². The van der Waals surface area contributed by atoms with Crippen molar-refractivity contribution in [3.8, 4) is 16.9 Å². The van der Waals surface area contributed by atoms with E-state index in [9.17, 15) is 18.3 Å². The highest BCUT2D eigenvalue weighted by Crippen LogP contribution is 2.47. The summed E-state index contributed by atoms with van der Waals surface area (Å²) in [6.45, 7) is 4.56. The van der Waals surface area contributed by atoms with Crippen LogP contribution in [0.4, 0.5) is 13.2 Å². The number of alkyl halides is 3. The molecular formula is C23H24F3N7O. The largest absolute Gasteiger partial charge is 0.421 e. The average Bonchev–Trinajstić information content (AvgIpc) is 3.58. The fourth-order valence-electron chi connectivity index (χ4n) is 4.65. The van der Waals surface area contributed by atoms with Crippen LogP contribution in [0.2, 0.25) is 0 Å². The van der Waals surface area contributed by atoms with Crippen LogP contribution >= 0.6 is 0 Å². The standard InChI is InChI=1S/C23H24F3N7O/c1-14(2)32-8-6-17(12-32)22(34,23(24,25)26)16-3-4-19(28-10-16)33-11-15(9-31-33)18-5-7-27-21-20(18)29-13-30-21/h3-5,7,9-11,13-14,17,34H,6,8,12H2,1-2H3,(H,27,29,30). The number of nitrogens with zero attached hydrogens (tertiary/aromatic N) is 6. The summed E-state index contributed by atoms with van der Waals surface area (Å²) in [5.41, 5.74) is -0.294. The van der Waals surface area contributed by atoms with Crippen LogP contribution < -0.4 is 0 Å². The van der Waals surface area contributed by atoms with Gasteiger partial charge in [0.2, 0.25) is 0 Å². The predicted molar refractivity (Wildman–Crippen MR) is 119 cm³/mol. The fourth-order valence-corrected chi connectivity index (χ4v) is 4.65. The van der Waals surface area contributed by atoms with E-state index in [0.29, 0.717) is 18.0 Å². The van der Waals surface area contributed by atoms with Gasteiger partial charge in [0.1, 0.15) is 0 Å². The van der Waals surface area contributed by atoms with Gasteiger partial charge < -0.3 is 15.0 Å². The van der Waals surface area contributed by atoms with Crippen LogP contribution in [0.25, 0.3) is 28.1 Å². The van der Waals surface area contributed by atoms with Crippen LogP contribution in [-0.4, -0.2) is 65.0 Å². The molecule has 0 radical (unpaired) electrons. The second-order valence-electron chi connectivity index (χ2n) is 8.88. The van der Waals surface area contributed by atoms with Crippen molar-refractivity contribution in [2.75, 3.05) is 13.1 Å². The zero-order valence-electron chi connectivity index (χ0n) is 18.7. The monoisotopic (exact) mass is 471 g/mol. The summed E-state index contributed by atoms with van der Waals surface area (Å²) in [7, 11) is 0. The van der Waals surface area contributed by atoms with Crippen molar-refractivity contribution in [3.63, 3.8) is 0 Å². The molecule has 1 fully saturated rings. The van der Waals surface area contributed by atoms with Gasteiger partial charge in [-0.2, -0.15) is 18.3 Å². The van der Waals surface area contributed by atoms with Gasteiger partial charge in [-0.05, 0) is 38.9 Å². The Morgan fingerprint density at radius 1 is 1.12 bits per heavy atom. The maximum atomic E-state index is 14.2. The maximum Gasteiger partial charge on any atom is 0.421 e. The molecule has 4 aromatic rings. The van der Waals surface area contributed by atoms with Crippen molar-refractivity contribution in [3.05, 3.63) is 54.9 Å². The summed E-state index contributed by atoms with van der Waals surface area (Å²) in [6, 6.07) is 4.66. The van der Waals surface area contributed by atoms with Gasteiger partial charge in [0, 0.05) is 53.8 Å². The number of hydrogen-bond acceptors (Lipinski definition) is 6. The van der Waals surface area contributed by atoms with Gasteiger partial charge in [0.15, 0.2) is 17.1 Å². The highest BCUT2D eigenvalue weighted by molar-refractivity contribution is 5.88. The highest BCUT2D eigenvalue weighted by atomic mass is 19.4. The molecule has 0 bridgehead atoms. The van der Waals surface area contributed by atoms with Crippen LogP contribution in [0.3, 0.4) is 0 Å². The van der Waals surface area contributed by atoms with E-state index in [1.54, 1.807) is 24.9 Å². The lowest BCUT2D eigenvalue weighted by Gasteiger charge is -2.36. The normalized spacial score (nSPS) is 19.2. The van der Waals surface area contributed by atoms with Gasteiger partial charge in [-0.15, -0.1) is 0 Å². The molecule has 0 aromatic carbocycles. The molecule has 0 spiro atoms. The van der Waals surface area contributed by atoms with Gasteiger partial charge in [-0.25, -0.2) is 19.6 Å². The number of halogens is 3. The van der Waals surface area contributed by atoms with E-state index in [2.05, 4.69) is 25.0 Å². The number of imidazole rings is 1. The molecule has 2 N–H and O–H groups in total. The zero-order valence-corrected chi connectivity index (χ0v) is 18.7. The molecule has 34 heavy (non-hydrogen) atoms. The first-order valence-electron chi connectivity index (χ1n) is 11.0. The molecule has 5 rings (SSSR count). The van der Waals surface area contributed by atoms with Crippen molar-refractivity contribution in [2.45, 2.75) is 38.1 Å². The first-order valence-corrected chi connectivity index (χ1v) is 11.0. The van der Waals surface area contributed by atoms with Crippen LogP contribution in [-0.2, 0) is 5.60 Å². The number of likely N-dealkylation sites (tertiary alicyclic amines) is 1. The van der Waals surface area contributed by atoms with E-state index in [0.717, 1.165) is 22.8 Å². The molecule has 0 saturated carbocycles. The lowest BCUT2D eigenvalue weighted by molar-refractivity contribution is -0.285. The first kappa shape index (κ1) is 22.5. The molecule has 1 aliphatic rings. The maximum absolute atomic E-state index is 14.2. The van der Waals surface area contributed by atoms with E-state index in [1.807, 2.05) is 24.8 Å². The number of fused-ring (bicyclic) bond motifs is 1. The smallest absolute Gasteiger partial charge is 0.376 e. The molecule has 1 aliphatic heterocycles. The number of aliphatic hydroxyl groups is 1. The predicted octanol–water partition coefficient (Wildman–Crippen LogP) is 3.69. The Hall–Kier alpha value is -3.31. The van der Waals surface area contributed by atoms with Gasteiger partial charge in [-0.3, -0.25) is 0 Å². The van der Waals surface area contributed by atoms with Crippen LogP contribution in [0, 0.1) is 5.92 Å². The molecule has 1 saturated heterocycles. The summed E-state index contributed by atoms with van der Waals surface area (Å²) < 4.78 is 44.0. The van der Waals surface area contributed by atoms with E-state index in [4.69, 9.17) is 0 Å². The molecule has 4 aromatic heterocycles. The third-order valence-electron chi connectivity index (χ3n) is 6.62. The second kappa shape index (κ2) is 8.17. The van der Waals surface area contributed by atoms with Gasteiger partial charge in [0.05, 0.1) is 18.0 Å². The quantitative estimate of drug-likeness (QED) is 0.461. The Kier molecular flexibility index (Phi) is 5.40. The van der Waals surface area contributed by atoms with Crippen molar-refractivity contribution in [2.24, 2.45) is 5.92 Å². The number of aromatic nitrogens is 6. The summed E-state index contributed by atoms with van der Waals surface area (Å²) in [6.07, 6.45) is 3.09. The van der Waals surface area contributed by atoms with Crippen LogP contribution in [0.15, 0.2) is 49.3 Å².